The predicted octanol–water partition coefficient (Wildman–Crippen LogP) is 1.98. The van der Waals surface area contributed by atoms with Crippen molar-refractivity contribution in [2.75, 3.05) is 20.1 Å². The molecule has 0 spiro atoms. The van der Waals surface area contributed by atoms with Gasteiger partial charge in [0.25, 0.3) is 0 Å². The van der Waals surface area contributed by atoms with E-state index in [0.29, 0.717) is 12.0 Å². The Hall–Kier alpha value is -1.12. The van der Waals surface area contributed by atoms with Crippen LogP contribution in [0, 0.1) is 5.41 Å². The summed E-state index contributed by atoms with van der Waals surface area (Å²) in [6, 6.07) is 3.34. The molecule has 1 aromatic heterocycles. The van der Waals surface area contributed by atoms with Gasteiger partial charge in [0.05, 0.1) is 6.54 Å². The molecule has 0 bridgehead atoms. The van der Waals surface area contributed by atoms with Gasteiger partial charge in [-0.15, -0.1) is 11.3 Å². The standard InChI is InChI=1S/C15H26N4O2S2/c1-4-15(5-2)8-9-19(11-15)14(17-3)18-10-12-6-7-13(22-12)23(16,20)21/h6-7H,4-5,8-11H2,1-3H3,(H,17,18)(H2,16,20,21). The summed E-state index contributed by atoms with van der Waals surface area (Å²) in [5.41, 5.74) is 0.390. The molecule has 0 aromatic carbocycles. The highest BCUT2D eigenvalue weighted by atomic mass is 32.2. The number of likely N-dealkylation sites (tertiary alicyclic amines) is 1. The van der Waals surface area contributed by atoms with Gasteiger partial charge in [0, 0.05) is 25.0 Å². The number of nitrogens with two attached hydrogens (primary N) is 1. The van der Waals surface area contributed by atoms with Crippen LogP contribution in [0.5, 0.6) is 0 Å². The summed E-state index contributed by atoms with van der Waals surface area (Å²) >= 11 is 1.19. The number of thiophene rings is 1. The van der Waals surface area contributed by atoms with Crippen LogP contribution in [-0.2, 0) is 16.6 Å². The van der Waals surface area contributed by atoms with Gasteiger partial charge in [-0.1, -0.05) is 13.8 Å². The fourth-order valence-electron chi connectivity index (χ4n) is 3.05. The van der Waals surface area contributed by atoms with E-state index in [-0.39, 0.29) is 4.21 Å². The zero-order chi connectivity index (χ0) is 17.1. The number of hydrogen-bond donors (Lipinski definition) is 2. The SMILES string of the molecule is CCC1(CC)CCN(C(=NC)NCc2ccc(S(N)(=O)=O)s2)C1. The molecule has 8 heteroatoms. The molecular formula is C15H26N4O2S2. The molecular weight excluding hydrogens is 332 g/mol. The number of primary sulfonamides is 1. The van der Waals surface area contributed by atoms with Crippen LogP contribution in [0.1, 0.15) is 38.0 Å². The summed E-state index contributed by atoms with van der Waals surface area (Å²) in [5, 5.41) is 8.47. The largest absolute Gasteiger partial charge is 0.351 e. The molecule has 0 aliphatic carbocycles. The smallest absolute Gasteiger partial charge is 0.247 e. The van der Waals surface area contributed by atoms with Gasteiger partial charge in [0.2, 0.25) is 10.0 Å². The van der Waals surface area contributed by atoms with Crippen LogP contribution in [0.4, 0.5) is 0 Å². The summed E-state index contributed by atoms with van der Waals surface area (Å²) in [4.78, 5) is 7.58. The van der Waals surface area contributed by atoms with Crippen LogP contribution < -0.4 is 10.5 Å². The second-order valence-corrected chi connectivity index (χ2v) is 9.00. The number of nitrogens with zero attached hydrogens (tertiary/aromatic N) is 2. The summed E-state index contributed by atoms with van der Waals surface area (Å²) in [6.45, 7) is 7.09. The first-order chi connectivity index (χ1) is 10.8. The van der Waals surface area contributed by atoms with Crippen LogP contribution in [-0.4, -0.2) is 39.4 Å². The lowest BCUT2D eigenvalue weighted by atomic mass is 9.82. The van der Waals surface area contributed by atoms with Crippen molar-refractivity contribution in [2.45, 2.75) is 43.9 Å². The monoisotopic (exact) mass is 358 g/mol. The highest BCUT2D eigenvalue weighted by molar-refractivity contribution is 7.91. The van der Waals surface area contributed by atoms with Crippen LogP contribution in [0.25, 0.3) is 0 Å². The average Bonchev–Trinajstić information content (AvgIpc) is 3.15. The maximum Gasteiger partial charge on any atom is 0.247 e. The van der Waals surface area contributed by atoms with E-state index in [0.717, 1.165) is 23.9 Å². The lowest BCUT2D eigenvalue weighted by Gasteiger charge is -2.27. The van der Waals surface area contributed by atoms with Crippen molar-refractivity contribution in [2.24, 2.45) is 15.5 Å². The molecule has 1 fully saturated rings. The Labute approximate surface area is 142 Å². The van der Waals surface area contributed by atoms with Crippen LogP contribution >= 0.6 is 11.3 Å². The Bertz CT molecular complexity index is 663. The molecule has 0 radical (unpaired) electrons. The third kappa shape index (κ3) is 4.24. The second kappa shape index (κ2) is 7.19. The molecule has 1 aliphatic heterocycles. The quantitative estimate of drug-likeness (QED) is 0.622. The first-order valence-electron chi connectivity index (χ1n) is 7.90. The van der Waals surface area contributed by atoms with Crippen molar-refractivity contribution < 1.29 is 8.42 Å². The van der Waals surface area contributed by atoms with Crippen molar-refractivity contribution in [3.8, 4) is 0 Å². The molecule has 3 N–H and O–H groups in total. The number of sulfonamides is 1. The van der Waals surface area contributed by atoms with E-state index in [2.05, 4.69) is 29.1 Å². The van der Waals surface area contributed by atoms with E-state index >= 15 is 0 Å². The van der Waals surface area contributed by atoms with E-state index in [1.165, 1.54) is 30.6 Å². The second-order valence-electron chi connectivity index (χ2n) is 6.05. The molecule has 0 unspecified atom stereocenters. The Morgan fingerprint density at radius 2 is 2.13 bits per heavy atom. The first kappa shape index (κ1) is 18.2. The minimum atomic E-state index is -3.61. The first-order valence-corrected chi connectivity index (χ1v) is 10.3. The van der Waals surface area contributed by atoms with Gasteiger partial charge in [-0.05, 0) is 36.8 Å². The Morgan fingerprint density at radius 3 is 2.61 bits per heavy atom. The molecule has 23 heavy (non-hydrogen) atoms. The van der Waals surface area contributed by atoms with Crippen molar-refractivity contribution in [3.05, 3.63) is 17.0 Å². The fourth-order valence-corrected chi connectivity index (χ4v) is 4.77. The van der Waals surface area contributed by atoms with Crippen molar-refractivity contribution >= 4 is 27.3 Å². The van der Waals surface area contributed by atoms with Crippen LogP contribution in [0.3, 0.4) is 0 Å². The zero-order valence-electron chi connectivity index (χ0n) is 14.0. The third-order valence-electron chi connectivity index (χ3n) is 4.79. The highest BCUT2D eigenvalue weighted by Crippen LogP contribution is 2.36. The number of guanidine groups is 1. The number of aliphatic imine (C=N–C) groups is 1. The minimum Gasteiger partial charge on any atom is -0.351 e. The number of hydrogen-bond acceptors (Lipinski definition) is 4. The fraction of sp³-hybridized carbons (Fsp3) is 0.667. The van der Waals surface area contributed by atoms with Crippen molar-refractivity contribution in [1.29, 1.82) is 0 Å². The zero-order valence-corrected chi connectivity index (χ0v) is 15.6. The molecule has 2 heterocycles. The van der Waals surface area contributed by atoms with E-state index in [4.69, 9.17) is 5.14 Å². The summed E-state index contributed by atoms with van der Waals surface area (Å²) < 4.78 is 22.8. The predicted molar refractivity (Wildman–Crippen MR) is 95.1 cm³/mol. The van der Waals surface area contributed by atoms with Gasteiger partial charge < -0.3 is 10.2 Å². The Balaban J connectivity index is 1.98. The summed E-state index contributed by atoms with van der Waals surface area (Å²) in [7, 11) is -1.83. The molecule has 0 atom stereocenters. The maximum atomic E-state index is 11.3. The van der Waals surface area contributed by atoms with Gasteiger partial charge in [-0.25, -0.2) is 13.6 Å². The molecule has 6 nitrogen and oxygen atoms in total. The highest BCUT2D eigenvalue weighted by Gasteiger charge is 2.36. The molecule has 0 amide bonds. The minimum absolute atomic E-state index is 0.196. The lowest BCUT2D eigenvalue weighted by molar-refractivity contribution is 0.276. The summed E-state index contributed by atoms with van der Waals surface area (Å²) in [5.74, 6) is 0.874. The van der Waals surface area contributed by atoms with E-state index in [9.17, 15) is 8.42 Å². The van der Waals surface area contributed by atoms with Gasteiger partial charge in [-0.3, -0.25) is 4.99 Å². The molecule has 1 saturated heterocycles. The molecule has 2 rings (SSSR count). The van der Waals surface area contributed by atoms with Gasteiger partial charge in [0.15, 0.2) is 5.96 Å². The normalized spacial score (nSPS) is 18.4. The topological polar surface area (TPSA) is 87.8 Å². The average molecular weight is 359 g/mol. The molecule has 0 saturated carbocycles. The van der Waals surface area contributed by atoms with Crippen molar-refractivity contribution in [3.63, 3.8) is 0 Å². The third-order valence-corrected chi connectivity index (χ3v) is 7.31. The number of nitrogens with one attached hydrogen (secondary N) is 1. The van der Waals surface area contributed by atoms with Gasteiger partial charge in [-0.2, -0.15) is 0 Å². The summed E-state index contributed by atoms with van der Waals surface area (Å²) in [6.07, 6.45) is 3.55. The van der Waals surface area contributed by atoms with Crippen molar-refractivity contribution in [1.82, 2.24) is 10.2 Å². The number of rotatable bonds is 5. The Kier molecular flexibility index (Phi) is 5.70. The van der Waals surface area contributed by atoms with Gasteiger partial charge in [0.1, 0.15) is 4.21 Å². The molecule has 1 aliphatic rings. The Morgan fingerprint density at radius 1 is 1.43 bits per heavy atom. The lowest BCUT2D eigenvalue weighted by Crippen LogP contribution is -2.40. The van der Waals surface area contributed by atoms with Crippen LogP contribution in [0.2, 0.25) is 0 Å². The van der Waals surface area contributed by atoms with E-state index in [1.807, 2.05) is 0 Å². The van der Waals surface area contributed by atoms with E-state index in [1.54, 1.807) is 19.2 Å². The van der Waals surface area contributed by atoms with Crippen LogP contribution in [0.15, 0.2) is 21.3 Å². The maximum absolute atomic E-state index is 11.3. The molecule has 130 valence electrons. The van der Waals surface area contributed by atoms with Gasteiger partial charge >= 0.3 is 0 Å². The van der Waals surface area contributed by atoms with E-state index < -0.39 is 10.0 Å². The molecule has 1 aromatic rings.